The van der Waals surface area contributed by atoms with E-state index in [1.54, 1.807) is 0 Å². The van der Waals surface area contributed by atoms with E-state index < -0.39 is 39.1 Å². The first kappa shape index (κ1) is 31.0. The van der Waals surface area contributed by atoms with Gasteiger partial charge in [-0.15, -0.1) is 0 Å². The van der Waals surface area contributed by atoms with E-state index in [9.17, 15) is 32.8 Å². The van der Waals surface area contributed by atoms with Gasteiger partial charge in [0.1, 0.15) is 4.75 Å². The summed E-state index contributed by atoms with van der Waals surface area (Å²) in [5.41, 5.74) is 0. The third kappa shape index (κ3) is 10.6. The Balaban J connectivity index is 0. The molecule has 0 aliphatic carbocycles. The molecule has 0 rings (SSSR count). The zero-order chi connectivity index (χ0) is 21.6. The number of unbranched alkanes of at least 4 members (excludes halogenated alkanes) is 10. The van der Waals surface area contributed by atoms with Gasteiger partial charge in [0, 0.05) is 0 Å². The molecular formula is C20H37NaO7S. The topological polar surface area (TPSA) is 132 Å². The average Bonchev–Trinajstić information content (AvgIpc) is 2.60. The van der Waals surface area contributed by atoms with E-state index in [2.05, 4.69) is 13.8 Å². The first-order valence-electron chi connectivity index (χ1n) is 10.6. The largest absolute Gasteiger partial charge is 1.00 e. The van der Waals surface area contributed by atoms with Gasteiger partial charge in [0.25, 0.3) is 10.1 Å². The SMILES string of the molecule is CCCCCCCCC(C(=O)O)C(CCCCCCCC)(C(=O)[O-])S(=O)(=O)O.[Na+]. The Morgan fingerprint density at radius 2 is 1.28 bits per heavy atom. The van der Waals surface area contributed by atoms with Gasteiger partial charge < -0.3 is 15.0 Å². The molecule has 0 aromatic rings. The molecule has 0 aromatic carbocycles. The normalized spacial score (nSPS) is 14.6. The molecule has 0 bridgehead atoms. The van der Waals surface area contributed by atoms with Crippen LogP contribution in [0.5, 0.6) is 0 Å². The smallest absolute Gasteiger partial charge is 0.548 e. The first-order valence-corrected chi connectivity index (χ1v) is 12.0. The van der Waals surface area contributed by atoms with Gasteiger partial charge in [-0.3, -0.25) is 9.35 Å². The maximum atomic E-state index is 12.1. The molecule has 0 amide bonds. The second-order valence-corrected chi connectivity index (χ2v) is 9.30. The van der Waals surface area contributed by atoms with Crippen LogP contribution in [0.25, 0.3) is 0 Å². The summed E-state index contributed by atoms with van der Waals surface area (Å²) in [6.45, 7) is 4.13. The number of rotatable bonds is 18. The summed E-state index contributed by atoms with van der Waals surface area (Å²) >= 11 is 0. The third-order valence-corrected chi connectivity index (χ3v) is 6.99. The minimum absolute atomic E-state index is 0. The van der Waals surface area contributed by atoms with Crippen molar-refractivity contribution >= 4 is 22.1 Å². The predicted octanol–water partition coefficient (Wildman–Crippen LogP) is 0.569. The van der Waals surface area contributed by atoms with Gasteiger partial charge in [-0.25, -0.2) is 0 Å². The van der Waals surface area contributed by atoms with Crippen LogP contribution in [-0.4, -0.2) is 34.8 Å². The number of aliphatic carboxylic acids is 2. The molecule has 2 N–H and O–H groups in total. The molecule has 0 spiro atoms. The van der Waals surface area contributed by atoms with Gasteiger partial charge in [0.05, 0.1) is 11.9 Å². The Hall–Kier alpha value is -0.150. The molecule has 0 fully saturated rings. The van der Waals surface area contributed by atoms with Crippen LogP contribution >= 0.6 is 0 Å². The Kier molecular flexibility index (Phi) is 17.7. The van der Waals surface area contributed by atoms with E-state index in [1.807, 2.05) is 0 Å². The molecule has 0 aliphatic rings. The van der Waals surface area contributed by atoms with Crippen molar-refractivity contribution < 1.29 is 62.3 Å². The van der Waals surface area contributed by atoms with Gasteiger partial charge in [0.15, 0.2) is 0 Å². The summed E-state index contributed by atoms with van der Waals surface area (Å²) < 4.78 is 31.0. The fraction of sp³-hybridized carbons (Fsp3) is 0.900. The van der Waals surface area contributed by atoms with Crippen LogP contribution < -0.4 is 34.7 Å². The van der Waals surface area contributed by atoms with E-state index in [-0.39, 0.29) is 42.4 Å². The van der Waals surface area contributed by atoms with E-state index in [0.29, 0.717) is 19.3 Å². The summed E-state index contributed by atoms with van der Waals surface area (Å²) in [5.74, 6) is -5.28. The molecule has 0 radical (unpaired) electrons. The molecule has 0 heterocycles. The minimum Gasteiger partial charge on any atom is -0.548 e. The van der Waals surface area contributed by atoms with Crippen LogP contribution in [0.2, 0.25) is 0 Å². The maximum Gasteiger partial charge on any atom is 1.00 e. The zero-order valence-corrected chi connectivity index (χ0v) is 21.1. The van der Waals surface area contributed by atoms with Crippen LogP contribution in [0.4, 0.5) is 0 Å². The maximum absolute atomic E-state index is 12.1. The fourth-order valence-corrected chi connectivity index (χ4v) is 4.88. The van der Waals surface area contributed by atoms with E-state index in [1.165, 1.54) is 0 Å². The Bertz CT molecular complexity index is 565. The number of carbonyl (C=O) groups excluding carboxylic acids is 1. The molecule has 0 aromatic heterocycles. The first-order chi connectivity index (χ1) is 13.1. The van der Waals surface area contributed by atoms with Crippen molar-refractivity contribution in [3.63, 3.8) is 0 Å². The molecule has 166 valence electrons. The molecule has 9 heteroatoms. The zero-order valence-electron chi connectivity index (χ0n) is 18.3. The van der Waals surface area contributed by atoms with E-state index in [0.717, 1.165) is 51.4 Å². The van der Waals surface area contributed by atoms with E-state index in [4.69, 9.17) is 0 Å². The van der Waals surface area contributed by atoms with Crippen molar-refractivity contribution in [1.29, 1.82) is 0 Å². The molecular weight excluding hydrogens is 407 g/mol. The summed E-state index contributed by atoms with van der Waals surface area (Å²) in [6, 6.07) is 0. The van der Waals surface area contributed by atoms with Gasteiger partial charge in [-0.2, -0.15) is 8.42 Å². The summed E-state index contributed by atoms with van der Waals surface area (Å²) in [5, 5.41) is 21.4. The van der Waals surface area contributed by atoms with Crippen LogP contribution in [0, 0.1) is 5.92 Å². The second kappa shape index (κ2) is 16.5. The van der Waals surface area contributed by atoms with Gasteiger partial charge >= 0.3 is 35.5 Å². The Labute approximate surface area is 198 Å². The van der Waals surface area contributed by atoms with Crippen LogP contribution in [0.1, 0.15) is 104 Å². The van der Waals surface area contributed by atoms with Crippen molar-refractivity contribution in [2.75, 3.05) is 0 Å². The fourth-order valence-electron chi connectivity index (χ4n) is 3.69. The number of hydrogen-bond donors (Lipinski definition) is 2. The monoisotopic (exact) mass is 444 g/mol. The van der Waals surface area contributed by atoms with Gasteiger partial charge in [-0.1, -0.05) is 90.9 Å². The quantitative estimate of drug-likeness (QED) is 0.179. The predicted molar refractivity (Wildman–Crippen MR) is 106 cm³/mol. The minimum atomic E-state index is -5.16. The van der Waals surface area contributed by atoms with Crippen molar-refractivity contribution in [3.05, 3.63) is 0 Å². The van der Waals surface area contributed by atoms with Crippen molar-refractivity contribution in [3.8, 4) is 0 Å². The van der Waals surface area contributed by atoms with Crippen LogP contribution in [0.15, 0.2) is 0 Å². The number of carbonyl (C=O) groups is 2. The molecule has 0 saturated carbocycles. The van der Waals surface area contributed by atoms with Crippen LogP contribution in [-0.2, 0) is 19.7 Å². The number of hydrogen-bond acceptors (Lipinski definition) is 5. The molecule has 2 unspecified atom stereocenters. The third-order valence-electron chi connectivity index (χ3n) is 5.41. The summed E-state index contributed by atoms with van der Waals surface area (Å²) in [7, 11) is -5.16. The van der Waals surface area contributed by atoms with Crippen molar-refractivity contribution in [1.82, 2.24) is 0 Å². The molecule has 0 aliphatic heterocycles. The van der Waals surface area contributed by atoms with Gasteiger partial charge in [0.2, 0.25) is 0 Å². The van der Waals surface area contributed by atoms with Crippen LogP contribution in [0.3, 0.4) is 0 Å². The Morgan fingerprint density at radius 1 is 0.862 bits per heavy atom. The number of carboxylic acid groups (broad SMARTS) is 2. The summed E-state index contributed by atoms with van der Waals surface area (Å²) in [4.78, 5) is 23.6. The molecule has 0 saturated heterocycles. The van der Waals surface area contributed by atoms with Gasteiger partial charge in [-0.05, 0) is 12.8 Å². The molecule has 29 heavy (non-hydrogen) atoms. The Morgan fingerprint density at radius 3 is 1.66 bits per heavy atom. The standard InChI is InChI=1S/C20H38O7S.Na/c1-3-5-7-9-11-13-15-17(18(21)22)20(19(23)24,28(25,26)27)16-14-12-10-8-6-4-2;/h17H,3-16H2,1-2H3,(H,21,22)(H,23,24)(H,25,26,27);/q;+1/p-1. The molecule has 7 nitrogen and oxygen atoms in total. The van der Waals surface area contributed by atoms with E-state index >= 15 is 0 Å². The molecule has 2 atom stereocenters. The second-order valence-electron chi connectivity index (χ2n) is 7.62. The van der Waals surface area contributed by atoms with Crippen molar-refractivity contribution in [2.24, 2.45) is 5.92 Å². The summed E-state index contributed by atoms with van der Waals surface area (Å²) in [6.07, 6.45) is 9.10. The number of carboxylic acids is 2. The van der Waals surface area contributed by atoms with Crippen molar-refractivity contribution in [2.45, 2.75) is 108 Å². The average molecular weight is 445 g/mol.